The first-order valence-electron chi connectivity index (χ1n) is 6.26. The van der Waals surface area contributed by atoms with Gasteiger partial charge < -0.3 is 5.32 Å². The lowest BCUT2D eigenvalue weighted by atomic mass is 10.0. The van der Waals surface area contributed by atoms with Crippen LogP contribution in [0.3, 0.4) is 0 Å². The van der Waals surface area contributed by atoms with Gasteiger partial charge in [0.25, 0.3) is 0 Å². The number of hydrogen-bond donors (Lipinski definition) is 1. The van der Waals surface area contributed by atoms with Gasteiger partial charge in [-0.3, -0.25) is 4.90 Å². The highest BCUT2D eigenvalue weighted by molar-refractivity contribution is 5.85. The van der Waals surface area contributed by atoms with E-state index in [1.165, 1.54) is 25.2 Å². The van der Waals surface area contributed by atoms with E-state index >= 15 is 0 Å². The Morgan fingerprint density at radius 2 is 2.06 bits per heavy atom. The van der Waals surface area contributed by atoms with E-state index in [1.807, 2.05) is 0 Å². The van der Waals surface area contributed by atoms with Gasteiger partial charge in [0.15, 0.2) is 0 Å². The van der Waals surface area contributed by atoms with Crippen LogP contribution in [0.15, 0.2) is 30.3 Å². The third kappa shape index (κ3) is 4.30. The molecule has 2 nitrogen and oxygen atoms in total. The highest BCUT2D eigenvalue weighted by Gasteiger charge is 2.17. The number of benzene rings is 1. The van der Waals surface area contributed by atoms with E-state index in [2.05, 4.69) is 54.4 Å². The SMILES string of the molecule is CC(CN1CCN[C@H](C)C1)c1ccccc1.Cl. The van der Waals surface area contributed by atoms with Gasteiger partial charge in [0.05, 0.1) is 0 Å². The van der Waals surface area contributed by atoms with Crippen LogP contribution in [0, 0.1) is 0 Å². The molecule has 17 heavy (non-hydrogen) atoms. The largest absolute Gasteiger partial charge is 0.312 e. The number of piperazine rings is 1. The minimum atomic E-state index is 0. The van der Waals surface area contributed by atoms with Crippen molar-refractivity contribution in [1.82, 2.24) is 10.2 Å². The molecule has 1 unspecified atom stereocenters. The van der Waals surface area contributed by atoms with Crippen LogP contribution in [0.2, 0.25) is 0 Å². The predicted octanol–water partition coefficient (Wildman–Crippen LogP) is 2.51. The molecular formula is C14H23ClN2. The van der Waals surface area contributed by atoms with Crippen LogP contribution in [0.5, 0.6) is 0 Å². The number of rotatable bonds is 3. The van der Waals surface area contributed by atoms with Crippen molar-refractivity contribution in [2.75, 3.05) is 26.2 Å². The first-order valence-corrected chi connectivity index (χ1v) is 6.26. The van der Waals surface area contributed by atoms with Gasteiger partial charge in [-0.15, -0.1) is 12.4 Å². The van der Waals surface area contributed by atoms with Crippen molar-refractivity contribution in [1.29, 1.82) is 0 Å². The van der Waals surface area contributed by atoms with Crippen LogP contribution in [0.25, 0.3) is 0 Å². The third-order valence-electron chi connectivity index (χ3n) is 3.35. The Labute approximate surface area is 111 Å². The molecule has 0 aliphatic carbocycles. The molecule has 1 aliphatic rings. The van der Waals surface area contributed by atoms with E-state index in [4.69, 9.17) is 0 Å². The van der Waals surface area contributed by atoms with Crippen LogP contribution in [-0.2, 0) is 0 Å². The summed E-state index contributed by atoms with van der Waals surface area (Å²) in [5.41, 5.74) is 1.45. The maximum absolute atomic E-state index is 3.48. The zero-order chi connectivity index (χ0) is 11.4. The lowest BCUT2D eigenvalue weighted by molar-refractivity contribution is 0.199. The van der Waals surface area contributed by atoms with Crippen molar-refractivity contribution in [2.45, 2.75) is 25.8 Å². The van der Waals surface area contributed by atoms with Crippen molar-refractivity contribution >= 4 is 12.4 Å². The Bertz CT molecular complexity index is 315. The van der Waals surface area contributed by atoms with Gasteiger partial charge in [-0.05, 0) is 18.4 Å². The van der Waals surface area contributed by atoms with Crippen LogP contribution in [-0.4, -0.2) is 37.1 Å². The minimum absolute atomic E-state index is 0. The summed E-state index contributed by atoms with van der Waals surface area (Å²) in [6.45, 7) is 9.25. The Morgan fingerprint density at radius 3 is 2.71 bits per heavy atom. The molecular weight excluding hydrogens is 232 g/mol. The molecule has 1 saturated heterocycles. The quantitative estimate of drug-likeness (QED) is 0.892. The van der Waals surface area contributed by atoms with Crippen molar-refractivity contribution in [3.63, 3.8) is 0 Å². The lowest BCUT2D eigenvalue weighted by Crippen LogP contribution is -2.49. The Hall–Kier alpha value is -0.570. The zero-order valence-electron chi connectivity index (χ0n) is 10.7. The average molecular weight is 255 g/mol. The Morgan fingerprint density at radius 1 is 1.35 bits per heavy atom. The second-order valence-electron chi connectivity index (χ2n) is 4.93. The number of nitrogens with zero attached hydrogens (tertiary/aromatic N) is 1. The summed E-state index contributed by atoms with van der Waals surface area (Å²) in [6, 6.07) is 11.4. The molecule has 2 rings (SSSR count). The van der Waals surface area contributed by atoms with Crippen LogP contribution in [0.1, 0.15) is 25.3 Å². The zero-order valence-corrected chi connectivity index (χ0v) is 11.5. The topological polar surface area (TPSA) is 15.3 Å². The molecule has 3 heteroatoms. The van der Waals surface area contributed by atoms with E-state index in [9.17, 15) is 0 Å². The molecule has 1 fully saturated rings. The highest BCUT2D eigenvalue weighted by atomic mass is 35.5. The standard InChI is InChI=1S/C14H22N2.ClH/c1-12(14-6-4-3-5-7-14)10-16-9-8-15-13(2)11-16;/h3-7,12-13,15H,8-11H2,1-2H3;1H/t12?,13-;/m1./s1. The molecule has 96 valence electrons. The van der Waals surface area contributed by atoms with Gasteiger partial charge in [-0.1, -0.05) is 37.3 Å². The summed E-state index contributed by atoms with van der Waals surface area (Å²) in [7, 11) is 0. The molecule has 1 N–H and O–H groups in total. The molecule has 2 atom stereocenters. The summed E-state index contributed by atoms with van der Waals surface area (Å²) in [6.07, 6.45) is 0. The Kier molecular flexibility index (Phi) is 5.96. The van der Waals surface area contributed by atoms with Gasteiger partial charge in [0, 0.05) is 32.2 Å². The van der Waals surface area contributed by atoms with Crippen LogP contribution in [0.4, 0.5) is 0 Å². The molecule has 1 aliphatic heterocycles. The van der Waals surface area contributed by atoms with Gasteiger partial charge in [0.2, 0.25) is 0 Å². The maximum Gasteiger partial charge on any atom is 0.0167 e. The number of hydrogen-bond acceptors (Lipinski definition) is 2. The van der Waals surface area contributed by atoms with E-state index in [1.54, 1.807) is 0 Å². The molecule has 1 heterocycles. The molecule has 1 aromatic carbocycles. The normalized spacial score (nSPS) is 22.8. The van der Waals surface area contributed by atoms with Crippen LogP contribution < -0.4 is 5.32 Å². The van der Waals surface area contributed by atoms with Crippen molar-refractivity contribution in [3.8, 4) is 0 Å². The summed E-state index contributed by atoms with van der Waals surface area (Å²) in [5, 5.41) is 3.48. The average Bonchev–Trinajstić information content (AvgIpc) is 2.30. The molecule has 0 spiro atoms. The molecule has 0 radical (unpaired) electrons. The number of nitrogens with one attached hydrogen (secondary N) is 1. The fraction of sp³-hybridized carbons (Fsp3) is 0.571. The second-order valence-corrected chi connectivity index (χ2v) is 4.93. The number of halogens is 1. The highest BCUT2D eigenvalue weighted by Crippen LogP contribution is 2.16. The van der Waals surface area contributed by atoms with Gasteiger partial charge >= 0.3 is 0 Å². The van der Waals surface area contributed by atoms with Gasteiger partial charge in [0.1, 0.15) is 0 Å². The fourth-order valence-electron chi connectivity index (χ4n) is 2.45. The first kappa shape index (κ1) is 14.5. The fourth-order valence-corrected chi connectivity index (χ4v) is 2.45. The van der Waals surface area contributed by atoms with Crippen molar-refractivity contribution in [2.24, 2.45) is 0 Å². The molecule has 0 saturated carbocycles. The molecule has 0 aromatic heterocycles. The molecule has 1 aromatic rings. The smallest absolute Gasteiger partial charge is 0.0167 e. The summed E-state index contributed by atoms with van der Waals surface area (Å²) < 4.78 is 0. The van der Waals surface area contributed by atoms with Crippen LogP contribution >= 0.6 is 12.4 Å². The maximum atomic E-state index is 3.48. The summed E-state index contributed by atoms with van der Waals surface area (Å²) in [5.74, 6) is 0.631. The lowest BCUT2D eigenvalue weighted by Gasteiger charge is -2.33. The molecule has 0 bridgehead atoms. The second kappa shape index (κ2) is 7.00. The van der Waals surface area contributed by atoms with E-state index < -0.39 is 0 Å². The van der Waals surface area contributed by atoms with Crippen molar-refractivity contribution < 1.29 is 0 Å². The molecule has 0 amide bonds. The summed E-state index contributed by atoms with van der Waals surface area (Å²) in [4.78, 5) is 2.57. The first-order chi connectivity index (χ1) is 7.75. The van der Waals surface area contributed by atoms with E-state index in [-0.39, 0.29) is 12.4 Å². The monoisotopic (exact) mass is 254 g/mol. The van der Waals surface area contributed by atoms with Gasteiger partial charge in [-0.25, -0.2) is 0 Å². The minimum Gasteiger partial charge on any atom is -0.312 e. The van der Waals surface area contributed by atoms with Crippen molar-refractivity contribution in [3.05, 3.63) is 35.9 Å². The van der Waals surface area contributed by atoms with E-state index in [0.717, 1.165) is 6.54 Å². The van der Waals surface area contributed by atoms with Gasteiger partial charge in [-0.2, -0.15) is 0 Å². The third-order valence-corrected chi connectivity index (χ3v) is 3.35. The Balaban J connectivity index is 0.00000144. The summed E-state index contributed by atoms with van der Waals surface area (Å²) >= 11 is 0. The van der Waals surface area contributed by atoms with E-state index in [0.29, 0.717) is 12.0 Å². The predicted molar refractivity (Wildman–Crippen MR) is 76.0 cm³/mol.